The lowest BCUT2D eigenvalue weighted by molar-refractivity contribution is 0.307. The monoisotopic (exact) mass is 180 g/mol. The molecule has 1 saturated carbocycles. The fourth-order valence-corrected chi connectivity index (χ4v) is 1.49. The fourth-order valence-electron chi connectivity index (χ4n) is 1.49. The van der Waals surface area contributed by atoms with Gasteiger partial charge < -0.3 is 10.3 Å². The van der Waals surface area contributed by atoms with Gasteiger partial charge in [-0.05, 0) is 26.7 Å². The number of rotatable bonds is 2. The number of hydrogen-bond acceptors (Lipinski definition) is 3. The van der Waals surface area contributed by atoms with E-state index in [4.69, 9.17) is 10.3 Å². The molecule has 0 aromatic carbocycles. The summed E-state index contributed by atoms with van der Waals surface area (Å²) in [6.45, 7) is 3.86. The van der Waals surface area contributed by atoms with Gasteiger partial charge in [0.2, 0.25) is 0 Å². The predicted octanol–water partition coefficient (Wildman–Crippen LogP) is 2.14. The Labute approximate surface area is 78.3 Å². The molecule has 2 rings (SSSR count). The van der Waals surface area contributed by atoms with Crippen LogP contribution < -0.4 is 5.73 Å². The van der Waals surface area contributed by atoms with E-state index in [1.807, 2.05) is 19.9 Å². The Hall–Kier alpha value is -0.830. The van der Waals surface area contributed by atoms with Gasteiger partial charge in [-0.1, -0.05) is 11.6 Å². The third-order valence-corrected chi connectivity index (χ3v) is 2.69. The molecule has 0 aliphatic heterocycles. The van der Waals surface area contributed by atoms with E-state index in [-0.39, 0.29) is 0 Å². The zero-order valence-corrected chi connectivity index (χ0v) is 8.21. The number of nitrogens with two attached hydrogens (primary N) is 1. The quantitative estimate of drug-likeness (QED) is 0.758. The summed E-state index contributed by atoms with van der Waals surface area (Å²) in [4.78, 5) is 0. The van der Waals surface area contributed by atoms with E-state index in [1.165, 1.54) is 19.3 Å². The standard InChI is InChI=1S/C10H16N2O/c1-10(2,11)9-6-8(12-13-9)7-4-3-5-7/h6-7H,3-5,11H2,1-2H3. The Morgan fingerprint density at radius 2 is 2.23 bits per heavy atom. The molecule has 13 heavy (non-hydrogen) atoms. The molecule has 1 aromatic rings. The molecule has 0 amide bonds. The highest BCUT2D eigenvalue weighted by molar-refractivity contribution is 5.17. The molecule has 1 aliphatic rings. The minimum absolute atomic E-state index is 0.408. The van der Waals surface area contributed by atoms with Crippen molar-refractivity contribution in [3.8, 4) is 0 Å². The van der Waals surface area contributed by atoms with E-state index < -0.39 is 5.54 Å². The van der Waals surface area contributed by atoms with E-state index in [0.29, 0.717) is 5.92 Å². The molecule has 0 unspecified atom stereocenters. The van der Waals surface area contributed by atoms with Crippen LogP contribution in [0.4, 0.5) is 0 Å². The molecule has 0 atom stereocenters. The third kappa shape index (κ3) is 1.61. The SMILES string of the molecule is CC(C)(N)c1cc(C2CCC2)no1. The maximum atomic E-state index is 5.90. The number of hydrogen-bond donors (Lipinski definition) is 1. The Balaban J connectivity index is 2.17. The van der Waals surface area contributed by atoms with Crippen molar-refractivity contribution in [3.63, 3.8) is 0 Å². The third-order valence-electron chi connectivity index (χ3n) is 2.69. The number of nitrogens with zero attached hydrogens (tertiary/aromatic N) is 1. The first kappa shape index (κ1) is 8.75. The maximum Gasteiger partial charge on any atom is 0.156 e. The van der Waals surface area contributed by atoms with Crippen LogP contribution in [0.15, 0.2) is 10.6 Å². The summed E-state index contributed by atoms with van der Waals surface area (Å²) in [5, 5.41) is 4.05. The highest BCUT2D eigenvalue weighted by Crippen LogP contribution is 2.36. The van der Waals surface area contributed by atoms with Gasteiger partial charge in [0, 0.05) is 12.0 Å². The summed E-state index contributed by atoms with van der Waals surface area (Å²) >= 11 is 0. The molecule has 1 fully saturated rings. The van der Waals surface area contributed by atoms with Gasteiger partial charge in [0.05, 0.1) is 11.2 Å². The lowest BCUT2D eigenvalue weighted by atomic mass is 9.82. The molecular weight excluding hydrogens is 164 g/mol. The van der Waals surface area contributed by atoms with Gasteiger partial charge in [-0.3, -0.25) is 0 Å². The van der Waals surface area contributed by atoms with Gasteiger partial charge in [-0.2, -0.15) is 0 Å². The van der Waals surface area contributed by atoms with Crippen molar-refractivity contribution < 1.29 is 4.52 Å². The summed E-state index contributed by atoms with van der Waals surface area (Å²) in [6, 6.07) is 2.00. The first-order chi connectivity index (χ1) is 6.07. The summed E-state index contributed by atoms with van der Waals surface area (Å²) in [7, 11) is 0. The topological polar surface area (TPSA) is 52.0 Å². The summed E-state index contributed by atoms with van der Waals surface area (Å²) in [5.74, 6) is 1.41. The van der Waals surface area contributed by atoms with Crippen LogP contribution in [0.2, 0.25) is 0 Å². The average Bonchev–Trinajstić information content (AvgIpc) is 2.29. The Bertz CT molecular complexity index is 294. The van der Waals surface area contributed by atoms with E-state index in [1.54, 1.807) is 0 Å². The molecule has 1 heterocycles. The van der Waals surface area contributed by atoms with Crippen LogP contribution in [0, 0.1) is 0 Å². The van der Waals surface area contributed by atoms with Gasteiger partial charge in [-0.15, -0.1) is 0 Å². The second-order valence-corrected chi connectivity index (χ2v) is 4.47. The van der Waals surface area contributed by atoms with Crippen LogP contribution in [0.25, 0.3) is 0 Å². The molecule has 3 nitrogen and oxygen atoms in total. The molecule has 72 valence electrons. The second-order valence-electron chi connectivity index (χ2n) is 4.47. The Morgan fingerprint density at radius 3 is 2.62 bits per heavy atom. The van der Waals surface area contributed by atoms with Crippen LogP contribution >= 0.6 is 0 Å². The van der Waals surface area contributed by atoms with Gasteiger partial charge in [0.25, 0.3) is 0 Å². The molecule has 1 aromatic heterocycles. The smallest absolute Gasteiger partial charge is 0.156 e. The minimum Gasteiger partial charge on any atom is -0.359 e. The van der Waals surface area contributed by atoms with Crippen molar-refractivity contribution in [3.05, 3.63) is 17.5 Å². The number of aromatic nitrogens is 1. The fraction of sp³-hybridized carbons (Fsp3) is 0.700. The minimum atomic E-state index is -0.408. The summed E-state index contributed by atoms with van der Waals surface area (Å²) < 4.78 is 5.21. The van der Waals surface area contributed by atoms with Crippen LogP contribution in [0.1, 0.15) is 50.5 Å². The molecule has 0 saturated heterocycles. The van der Waals surface area contributed by atoms with E-state index in [9.17, 15) is 0 Å². The van der Waals surface area contributed by atoms with Gasteiger partial charge in [0.15, 0.2) is 5.76 Å². The molecule has 2 N–H and O–H groups in total. The maximum absolute atomic E-state index is 5.90. The van der Waals surface area contributed by atoms with Crippen LogP contribution in [0.5, 0.6) is 0 Å². The lowest BCUT2D eigenvalue weighted by Gasteiger charge is -2.22. The highest BCUT2D eigenvalue weighted by atomic mass is 16.5. The first-order valence-electron chi connectivity index (χ1n) is 4.83. The van der Waals surface area contributed by atoms with Gasteiger partial charge in [-0.25, -0.2) is 0 Å². The zero-order valence-electron chi connectivity index (χ0n) is 8.21. The Morgan fingerprint density at radius 1 is 1.54 bits per heavy atom. The van der Waals surface area contributed by atoms with Crippen LogP contribution in [-0.2, 0) is 5.54 Å². The average molecular weight is 180 g/mol. The van der Waals surface area contributed by atoms with E-state index in [2.05, 4.69) is 5.16 Å². The van der Waals surface area contributed by atoms with E-state index in [0.717, 1.165) is 11.5 Å². The molecule has 3 heteroatoms. The van der Waals surface area contributed by atoms with Crippen LogP contribution in [0.3, 0.4) is 0 Å². The van der Waals surface area contributed by atoms with Crippen LogP contribution in [-0.4, -0.2) is 5.16 Å². The highest BCUT2D eigenvalue weighted by Gasteiger charge is 2.26. The summed E-state index contributed by atoms with van der Waals surface area (Å²) in [5.41, 5.74) is 6.57. The van der Waals surface area contributed by atoms with Gasteiger partial charge in [0.1, 0.15) is 0 Å². The molecular formula is C10H16N2O. The van der Waals surface area contributed by atoms with Crippen molar-refractivity contribution in [1.29, 1.82) is 0 Å². The second kappa shape index (κ2) is 2.84. The van der Waals surface area contributed by atoms with Crippen molar-refractivity contribution in [1.82, 2.24) is 5.16 Å². The zero-order chi connectivity index (χ0) is 9.47. The molecule has 0 spiro atoms. The molecule has 0 radical (unpaired) electrons. The molecule has 1 aliphatic carbocycles. The first-order valence-corrected chi connectivity index (χ1v) is 4.83. The Kier molecular flexibility index (Phi) is 1.91. The van der Waals surface area contributed by atoms with E-state index >= 15 is 0 Å². The van der Waals surface area contributed by atoms with Crippen molar-refractivity contribution in [2.24, 2.45) is 5.73 Å². The van der Waals surface area contributed by atoms with Crippen molar-refractivity contribution in [2.75, 3.05) is 0 Å². The van der Waals surface area contributed by atoms with Crippen molar-refractivity contribution >= 4 is 0 Å². The predicted molar refractivity (Wildman–Crippen MR) is 50.3 cm³/mol. The normalized spacial score (nSPS) is 18.7. The largest absolute Gasteiger partial charge is 0.359 e. The van der Waals surface area contributed by atoms with Gasteiger partial charge >= 0.3 is 0 Å². The lowest BCUT2D eigenvalue weighted by Crippen LogP contribution is -2.27. The molecule has 0 bridgehead atoms. The van der Waals surface area contributed by atoms with Crippen molar-refractivity contribution in [2.45, 2.75) is 44.6 Å². The summed E-state index contributed by atoms with van der Waals surface area (Å²) in [6.07, 6.45) is 3.81.